The van der Waals surface area contributed by atoms with Gasteiger partial charge >= 0.3 is 0 Å². The molecular weight excluding hydrogens is 308 g/mol. The number of carbonyl (C=O) groups excluding carboxylic acids is 2. The Balaban J connectivity index is 1.72. The van der Waals surface area contributed by atoms with Gasteiger partial charge in [0.05, 0.1) is 0 Å². The van der Waals surface area contributed by atoms with Gasteiger partial charge in [0.25, 0.3) is 5.91 Å². The number of para-hydroxylation sites is 1. The molecule has 2 amide bonds. The first-order valence-electron chi connectivity index (χ1n) is 7.52. The zero-order chi connectivity index (χ0) is 16.2. The van der Waals surface area contributed by atoms with E-state index in [0.29, 0.717) is 6.54 Å². The molecule has 1 aliphatic rings. The van der Waals surface area contributed by atoms with Gasteiger partial charge < -0.3 is 10.2 Å². The predicted molar refractivity (Wildman–Crippen MR) is 92.5 cm³/mol. The maximum atomic E-state index is 12.6. The lowest BCUT2D eigenvalue weighted by Crippen LogP contribution is -2.37. The summed E-state index contributed by atoms with van der Waals surface area (Å²) in [4.78, 5) is 27.0. The first-order valence-corrected chi connectivity index (χ1v) is 8.50. The number of anilines is 1. The third-order valence-corrected chi connectivity index (χ3v) is 4.72. The molecule has 0 unspecified atom stereocenters. The maximum absolute atomic E-state index is 12.6. The number of nitrogens with zero attached hydrogens (tertiary/aromatic N) is 1. The lowest BCUT2D eigenvalue weighted by Gasteiger charge is -2.17. The Bertz CT molecular complexity index is 718. The molecule has 23 heavy (non-hydrogen) atoms. The molecule has 3 rings (SSSR count). The van der Waals surface area contributed by atoms with Crippen molar-refractivity contribution in [1.29, 1.82) is 0 Å². The van der Waals surface area contributed by atoms with Crippen molar-refractivity contribution < 1.29 is 9.59 Å². The van der Waals surface area contributed by atoms with Crippen molar-refractivity contribution in [3.05, 3.63) is 60.2 Å². The molecule has 2 aromatic carbocycles. The van der Waals surface area contributed by atoms with Crippen LogP contribution in [0.5, 0.6) is 0 Å². The quantitative estimate of drug-likeness (QED) is 0.859. The highest BCUT2D eigenvalue weighted by Crippen LogP contribution is 2.35. The van der Waals surface area contributed by atoms with Gasteiger partial charge in [-0.15, -0.1) is 11.8 Å². The summed E-state index contributed by atoms with van der Waals surface area (Å²) in [7, 11) is 0. The van der Waals surface area contributed by atoms with Crippen LogP contribution in [0.1, 0.15) is 18.5 Å². The number of hydrogen-bond acceptors (Lipinski definition) is 3. The van der Waals surface area contributed by atoms with Gasteiger partial charge in [0, 0.05) is 35.4 Å². The monoisotopic (exact) mass is 326 g/mol. The molecule has 118 valence electrons. The second kappa shape index (κ2) is 6.87. The second-order valence-electron chi connectivity index (χ2n) is 5.34. The lowest BCUT2D eigenvalue weighted by atomic mass is 10.1. The summed E-state index contributed by atoms with van der Waals surface area (Å²) in [5.74, 6) is 0.547. The molecule has 1 aliphatic heterocycles. The summed E-state index contributed by atoms with van der Waals surface area (Å²) in [5.41, 5.74) is 1.77. The van der Waals surface area contributed by atoms with E-state index in [1.54, 1.807) is 16.7 Å². The largest absolute Gasteiger partial charge is 0.341 e. The van der Waals surface area contributed by atoms with E-state index in [1.807, 2.05) is 42.5 Å². The van der Waals surface area contributed by atoms with Crippen LogP contribution in [0, 0.1) is 0 Å². The molecule has 1 heterocycles. The molecule has 5 heteroatoms. The third kappa shape index (κ3) is 3.40. The molecule has 2 aromatic rings. The zero-order valence-corrected chi connectivity index (χ0v) is 13.7. The van der Waals surface area contributed by atoms with Crippen molar-refractivity contribution in [3.8, 4) is 0 Å². The number of fused-ring (bicyclic) bond motifs is 1. The average Bonchev–Trinajstić information content (AvgIpc) is 2.81. The molecule has 0 spiro atoms. The minimum absolute atomic E-state index is 0.0601. The van der Waals surface area contributed by atoms with Crippen molar-refractivity contribution in [2.24, 2.45) is 0 Å². The van der Waals surface area contributed by atoms with E-state index in [0.717, 1.165) is 17.0 Å². The minimum Gasteiger partial charge on any atom is -0.341 e. The standard InChI is InChI=1S/C18H18N2O2S/c1-13(21)19-17-15-9-5-6-10-16(15)20(18(17)22)11-12-23-14-7-3-2-4-8-14/h2-10,17H,11-12H2,1H3,(H,19,21)/t17-/m1/s1. The summed E-state index contributed by atoms with van der Waals surface area (Å²) in [6, 6.07) is 17.2. The van der Waals surface area contributed by atoms with Gasteiger partial charge in [-0.25, -0.2) is 0 Å². The number of hydrogen-bond donors (Lipinski definition) is 1. The van der Waals surface area contributed by atoms with E-state index in [4.69, 9.17) is 0 Å². The molecule has 1 N–H and O–H groups in total. The summed E-state index contributed by atoms with van der Waals surface area (Å²) in [6.45, 7) is 2.05. The van der Waals surface area contributed by atoms with Crippen LogP contribution in [0.4, 0.5) is 5.69 Å². The predicted octanol–water partition coefficient (Wildman–Crippen LogP) is 3.00. The van der Waals surface area contributed by atoms with Gasteiger partial charge in [-0.05, 0) is 18.2 Å². The number of nitrogens with one attached hydrogen (secondary N) is 1. The Morgan fingerprint density at radius 3 is 2.57 bits per heavy atom. The molecular formula is C18H18N2O2S. The molecule has 0 bridgehead atoms. The van der Waals surface area contributed by atoms with Crippen LogP contribution in [-0.2, 0) is 9.59 Å². The van der Waals surface area contributed by atoms with Gasteiger partial charge in [-0.3, -0.25) is 9.59 Å². The van der Waals surface area contributed by atoms with Gasteiger partial charge in [0.15, 0.2) is 0 Å². The average molecular weight is 326 g/mol. The van der Waals surface area contributed by atoms with Crippen molar-refractivity contribution in [1.82, 2.24) is 5.32 Å². The Morgan fingerprint density at radius 1 is 1.13 bits per heavy atom. The SMILES string of the molecule is CC(=O)N[C@H]1C(=O)N(CCSc2ccccc2)c2ccccc21. The lowest BCUT2D eigenvalue weighted by molar-refractivity contribution is -0.126. The number of benzene rings is 2. The molecule has 1 atom stereocenters. The van der Waals surface area contributed by atoms with E-state index in [2.05, 4.69) is 17.4 Å². The van der Waals surface area contributed by atoms with Gasteiger partial charge in [0.1, 0.15) is 6.04 Å². The highest BCUT2D eigenvalue weighted by Gasteiger charge is 2.37. The zero-order valence-electron chi connectivity index (χ0n) is 12.9. The Labute approximate surface area is 139 Å². The van der Waals surface area contributed by atoms with E-state index in [-0.39, 0.29) is 11.8 Å². The van der Waals surface area contributed by atoms with Crippen LogP contribution in [0.3, 0.4) is 0 Å². The van der Waals surface area contributed by atoms with Crippen LogP contribution in [0.25, 0.3) is 0 Å². The minimum atomic E-state index is -0.564. The maximum Gasteiger partial charge on any atom is 0.254 e. The van der Waals surface area contributed by atoms with Gasteiger partial charge in [0.2, 0.25) is 5.91 Å². The number of amides is 2. The summed E-state index contributed by atoms with van der Waals surface area (Å²) in [5, 5.41) is 2.75. The van der Waals surface area contributed by atoms with Crippen molar-refractivity contribution >= 4 is 29.3 Å². The first kappa shape index (κ1) is 15.6. The smallest absolute Gasteiger partial charge is 0.254 e. The van der Waals surface area contributed by atoms with E-state index < -0.39 is 6.04 Å². The highest BCUT2D eigenvalue weighted by atomic mass is 32.2. The van der Waals surface area contributed by atoms with Crippen LogP contribution in [0.15, 0.2) is 59.5 Å². The first-order chi connectivity index (χ1) is 11.2. The summed E-state index contributed by atoms with van der Waals surface area (Å²) in [6.07, 6.45) is 0. The van der Waals surface area contributed by atoms with Crippen molar-refractivity contribution in [2.45, 2.75) is 17.9 Å². The number of thioether (sulfide) groups is 1. The van der Waals surface area contributed by atoms with E-state index in [1.165, 1.54) is 11.8 Å². The van der Waals surface area contributed by atoms with E-state index in [9.17, 15) is 9.59 Å². The highest BCUT2D eigenvalue weighted by molar-refractivity contribution is 7.99. The van der Waals surface area contributed by atoms with Gasteiger partial charge in [-0.1, -0.05) is 36.4 Å². The Hall–Kier alpha value is -2.27. The fourth-order valence-corrected chi connectivity index (χ4v) is 3.59. The van der Waals surface area contributed by atoms with Crippen LogP contribution in [0.2, 0.25) is 0 Å². The normalized spacial score (nSPS) is 16.3. The molecule has 0 radical (unpaired) electrons. The van der Waals surface area contributed by atoms with Gasteiger partial charge in [-0.2, -0.15) is 0 Å². The molecule has 0 aliphatic carbocycles. The number of rotatable bonds is 5. The Kier molecular flexibility index (Phi) is 4.67. The summed E-state index contributed by atoms with van der Waals surface area (Å²) < 4.78 is 0. The molecule has 0 aromatic heterocycles. The molecule has 4 nitrogen and oxygen atoms in total. The molecule has 0 fully saturated rings. The fraction of sp³-hybridized carbons (Fsp3) is 0.222. The Morgan fingerprint density at radius 2 is 1.83 bits per heavy atom. The van der Waals surface area contributed by atoms with Crippen LogP contribution >= 0.6 is 11.8 Å². The molecule has 0 saturated carbocycles. The fourth-order valence-electron chi connectivity index (χ4n) is 2.73. The topological polar surface area (TPSA) is 49.4 Å². The van der Waals surface area contributed by atoms with Crippen molar-refractivity contribution in [3.63, 3.8) is 0 Å². The van der Waals surface area contributed by atoms with Crippen molar-refractivity contribution in [2.75, 3.05) is 17.2 Å². The third-order valence-electron chi connectivity index (χ3n) is 3.73. The van der Waals surface area contributed by atoms with E-state index >= 15 is 0 Å². The molecule has 0 saturated heterocycles. The van der Waals surface area contributed by atoms with Crippen LogP contribution in [-0.4, -0.2) is 24.1 Å². The second-order valence-corrected chi connectivity index (χ2v) is 6.51. The number of carbonyl (C=O) groups is 2. The summed E-state index contributed by atoms with van der Waals surface area (Å²) >= 11 is 1.72. The van der Waals surface area contributed by atoms with Crippen LogP contribution < -0.4 is 10.2 Å².